The van der Waals surface area contributed by atoms with Crippen LogP contribution in [-0.2, 0) is 4.74 Å². The second kappa shape index (κ2) is 6.42. The van der Waals surface area contributed by atoms with Gasteiger partial charge in [0.05, 0.1) is 33.6 Å². The molecule has 7 heteroatoms. The molecule has 3 rings (SSSR count). The van der Waals surface area contributed by atoms with Crippen LogP contribution in [0.25, 0.3) is 22.5 Å². The number of ether oxygens (including phenoxy) is 1. The van der Waals surface area contributed by atoms with Crippen LogP contribution in [0.2, 0.25) is 10.0 Å². The van der Waals surface area contributed by atoms with Crippen molar-refractivity contribution in [3.05, 3.63) is 51.9 Å². The van der Waals surface area contributed by atoms with Gasteiger partial charge >= 0.3 is 0 Å². The molecule has 2 aromatic heterocycles. The van der Waals surface area contributed by atoms with Gasteiger partial charge in [0, 0.05) is 0 Å². The van der Waals surface area contributed by atoms with Crippen LogP contribution in [0.5, 0.6) is 0 Å². The van der Waals surface area contributed by atoms with Gasteiger partial charge in [0.15, 0.2) is 5.65 Å². The Kier molecular flexibility index (Phi) is 4.47. The molecule has 0 fully saturated rings. The number of benzene rings is 1. The number of aromatic nitrogens is 4. The van der Waals surface area contributed by atoms with E-state index >= 15 is 0 Å². The highest BCUT2D eigenvalue weighted by Crippen LogP contribution is 2.32. The van der Waals surface area contributed by atoms with Crippen LogP contribution < -0.4 is 0 Å². The van der Waals surface area contributed by atoms with Gasteiger partial charge in [-0.1, -0.05) is 35.8 Å². The van der Waals surface area contributed by atoms with E-state index in [0.29, 0.717) is 33.8 Å². The molecular formula is C17H16Cl2N4O. The van der Waals surface area contributed by atoms with Crippen LogP contribution in [-0.4, -0.2) is 26.4 Å². The zero-order valence-corrected chi connectivity index (χ0v) is 15.1. The molecule has 0 radical (unpaired) electrons. The predicted octanol–water partition coefficient (Wildman–Crippen LogP) is 4.72. The molecule has 24 heavy (non-hydrogen) atoms. The van der Waals surface area contributed by atoms with E-state index < -0.39 is 0 Å². The Balaban J connectivity index is 2.21. The Morgan fingerprint density at radius 3 is 2.62 bits per heavy atom. The number of hydrogen-bond donors (Lipinski definition) is 0. The van der Waals surface area contributed by atoms with E-state index in [-0.39, 0.29) is 0 Å². The minimum absolute atomic E-state index is 0.480. The molecule has 0 unspecified atom stereocenters. The molecule has 0 amide bonds. The lowest BCUT2D eigenvalue weighted by molar-refractivity contribution is 0.296. The lowest BCUT2D eigenvalue weighted by Gasteiger charge is -2.09. The summed E-state index contributed by atoms with van der Waals surface area (Å²) in [4.78, 5) is 0. The van der Waals surface area contributed by atoms with Crippen molar-refractivity contribution in [3.8, 4) is 11.1 Å². The highest BCUT2D eigenvalue weighted by molar-refractivity contribution is 6.42. The van der Waals surface area contributed by atoms with Gasteiger partial charge in [-0.2, -0.15) is 5.10 Å². The molecule has 124 valence electrons. The van der Waals surface area contributed by atoms with Crippen molar-refractivity contribution in [2.45, 2.75) is 20.8 Å². The second-order valence-corrected chi connectivity index (χ2v) is 6.13. The molecule has 0 atom stereocenters. The van der Waals surface area contributed by atoms with Crippen molar-refractivity contribution in [1.82, 2.24) is 19.8 Å². The first-order valence-electron chi connectivity index (χ1n) is 7.44. The first-order valence-corrected chi connectivity index (χ1v) is 8.19. The molecule has 0 aliphatic heterocycles. The Labute approximate surface area is 149 Å². The minimum Gasteiger partial charge on any atom is -0.492 e. The summed E-state index contributed by atoms with van der Waals surface area (Å²) < 4.78 is 7.19. The summed E-state index contributed by atoms with van der Waals surface area (Å²) in [6.07, 6.45) is 0. The average molecular weight is 363 g/mol. The summed E-state index contributed by atoms with van der Waals surface area (Å²) in [5, 5.41) is 14.2. The summed E-state index contributed by atoms with van der Waals surface area (Å²) in [5.41, 5.74) is 4.64. The fourth-order valence-electron chi connectivity index (χ4n) is 2.60. The maximum Gasteiger partial charge on any atom is 0.185 e. The number of aryl methyl sites for hydroxylation is 2. The Morgan fingerprint density at radius 1 is 1.21 bits per heavy atom. The Bertz CT molecular complexity index is 949. The van der Waals surface area contributed by atoms with Crippen molar-refractivity contribution >= 4 is 34.6 Å². The maximum absolute atomic E-state index is 6.14. The van der Waals surface area contributed by atoms with Crippen molar-refractivity contribution in [2.75, 3.05) is 6.61 Å². The van der Waals surface area contributed by atoms with Crippen LogP contribution in [0.3, 0.4) is 0 Å². The van der Waals surface area contributed by atoms with E-state index in [0.717, 1.165) is 22.5 Å². The lowest BCUT2D eigenvalue weighted by atomic mass is 10.1. The van der Waals surface area contributed by atoms with E-state index in [2.05, 4.69) is 21.9 Å². The first-order chi connectivity index (χ1) is 11.4. The summed E-state index contributed by atoms with van der Waals surface area (Å²) in [7, 11) is 0. The van der Waals surface area contributed by atoms with Crippen molar-refractivity contribution in [2.24, 2.45) is 0 Å². The lowest BCUT2D eigenvalue weighted by Crippen LogP contribution is -2.06. The van der Waals surface area contributed by atoms with Crippen LogP contribution in [0, 0.1) is 13.8 Å². The molecule has 0 aliphatic carbocycles. The molecule has 1 aromatic carbocycles. The van der Waals surface area contributed by atoms with Gasteiger partial charge in [0.25, 0.3) is 0 Å². The van der Waals surface area contributed by atoms with E-state index in [1.807, 2.05) is 26.8 Å². The molecule has 0 bridgehead atoms. The van der Waals surface area contributed by atoms with Crippen molar-refractivity contribution in [1.29, 1.82) is 0 Å². The van der Waals surface area contributed by atoms with Gasteiger partial charge in [0.1, 0.15) is 11.5 Å². The Hall–Kier alpha value is -2.11. The summed E-state index contributed by atoms with van der Waals surface area (Å²) in [6.45, 7) is 10.1. The van der Waals surface area contributed by atoms with Gasteiger partial charge in [-0.05, 0) is 38.5 Å². The van der Waals surface area contributed by atoms with Gasteiger partial charge in [-0.15, -0.1) is 10.2 Å². The van der Waals surface area contributed by atoms with Gasteiger partial charge in [0.2, 0.25) is 0 Å². The largest absolute Gasteiger partial charge is 0.492 e. The SMILES string of the molecule is C=C(OCC)c1nnc2c(-c3ccc(Cl)c(Cl)c3)c(C)nn2c1C. The zero-order valence-electron chi connectivity index (χ0n) is 13.6. The minimum atomic E-state index is 0.480. The number of rotatable bonds is 4. The third-order valence-electron chi connectivity index (χ3n) is 3.73. The second-order valence-electron chi connectivity index (χ2n) is 5.31. The third-order valence-corrected chi connectivity index (χ3v) is 4.47. The number of halogens is 2. The van der Waals surface area contributed by atoms with Gasteiger partial charge < -0.3 is 4.74 Å². The van der Waals surface area contributed by atoms with Crippen LogP contribution in [0.4, 0.5) is 0 Å². The number of fused-ring (bicyclic) bond motifs is 1. The quantitative estimate of drug-likeness (QED) is 0.630. The zero-order chi connectivity index (χ0) is 17.4. The highest BCUT2D eigenvalue weighted by atomic mass is 35.5. The number of nitrogens with zero attached hydrogens (tertiary/aromatic N) is 4. The van der Waals surface area contributed by atoms with Crippen LogP contribution >= 0.6 is 23.2 Å². The highest BCUT2D eigenvalue weighted by Gasteiger charge is 2.19. The molecule has 0 spiro atoms. The molecule has 0 saturated heterocycles. The molecule has 5 nitrogen and oxygen atoms in total. The Morgan fingerprint density at radius 2 is 1.96 bits per heavy atom. The monoisotopic (exact) mass is 362 g/mol. The summed E-state index contributed by atoms with van der Waals surface area (Å²) >= 11 is 12.2. The van der Waals surface area contributed by atoms with E-state index in [1.165, 1.54) is 0 Å². The van der Waals surface area contributed by atoms with Crippen LogP contribution in [0.15, 0.2) is 24.8 Å². The molecular weight excluding hydrogens is 347 g/mol. The molecule has 3 aromatic rings. The fourth-order valence-corrected chi connectivity index (χ4v) is 2.90. The molecule has 0 N–H and O–H groups in total. The van der Waals surface area contributed by atoms with E-state index in [1.54, 1.807) is 16.6 Å². The smallest absolute Gasteiger partial charge is 0.185 e. The summed E-state index contributed by atoms with van der Waals surface area (Å²) in [6, 6.07) is 5.45. The summed E-state index contributed by atoms with van der Waals surface area (Å²) in [5.74, 6) is 0.480. The average Bonchev–Trinajstić information content (AvgIpc) is 2.88. The normalized spacial score (nSPS) is 11.0. The topological polar surface area (TPSA) is 52.3 Å². The molecule has 2 heterocycles. The molecule has 0 aliphatic rings. The maximum atomic E-state index is 6.14. The molecule has 0 saturated carbocycles. The third kappa shape index (κ3) is 2.74. The predicted molar refractivity (Wildman–Crippen MR) is 96.4 cm³/mol. The van der Waals surface area contributed by atoms with E-state index in [9.17, 15) is 0 Å². The van der Waals surface area contributed by atoms with Crippen molar-refractivity contribution < 1.29 is 4.74 Å². The standard InChI is InChI=1S/C17H16Cl2N4O/c1-5-24-11(4)16-10(3)23-17(21-20-16)15(9(2)22-23)12-6-7-13(18)14(19)8-12/h6-8H,4-5H2,1-3H3. The van der Waals surface area contributed by atoms with E-state index in [4.69, 9.17) is 27.9 Å². The fraction of sp³-hybridized carbons (Fsp3) is 0.235. The number of hydrogen-bond acceptors (Lipinski definition) is 4. The van der Waals surface area contributed by atoms with Crippen LogP contribution in [0.1, 0.15) is 24.0 Å². The van der Waals surface area contributed by atoms with Gasteiger partial charge in [-0.3, -0.25) is 0 Å². The van der Waals surface area contributed by atoms with Gasteiger partial charge in [-0.25, -0.2) is 4.52 Å². The van der Waals surface area contributed by atoms with Crippen molar-refractivity contribution in [3.63, 3.8) is 0 Å². The first kappa shape index (κ1) is 16.7.